The lowest BCUT2D eigenvalue weighted by Crippen LogP contribution is -2.57. The Morgan fingerprint density at radius 3 is 2.56 bits per heavy atom. The average Bonchev–Trinajstić information content (AvgIpc) is 2.60. The van der Waals surface area contributed by atoms with E-state index >= 15 is 0 Å². The Bertz CT molecular complexity index is 730. The molecule has 1 fully saturated rings. The van der Waals surface area contributed by atoms with Gasteiger partial charge in [-0.25, -0.2) is 9.59 Å². The zero-order valence-electron chi connectivity index (χ0n) is 14.6. The van der Waals surface area contributed by atoms with Crippen LogP contribution in [0.2, 0.25) is 0 Å². The molecule has 2 rings (SSSR count). The Labute approximate surface area is 155 Å². The van der Waals surface area contributed by atoms with Crippen molar-refractivity contribution in [3.05, 3.63) is 29.8 Å². The first-order valence-corrected chi connectivity index (χ1v) is 8.32. The smallest absolute Gasteiger partial charge is 0.338 e. The van der Waals surface area contributed by atoms with Gasteiger partial charge in [0, 0.05) is 18.9 Å². The van der Waals surface area contributed by atoms with Crippen molar-refractivity contribution >= 4 is 18.0 Å². The average molecular weight is 382 g/mol. The fourth-order valence-corrected chi connectivity index (χ4v) is 2.79. The standard InChI is InChI=1S/C18H22O9/c1-2-26-17(24)18(25)8-13(21)16(23)14(9-18)27-15(22)6-4-10-3-5-11(19)12(20)7-10/h3-7,13-14,16,19-21,23,25H,2,8-9H2,1H3/t13-,14-,16-,18+/m0/s1. The lowest BCUT2D eigenvalue weighted by atomic mass is 9.79. The van der Waals surface area contributed by atoms with Crippen molar-refractivity contribution in [2.75, 3.05) is 6.61 Å². The predicted octanol–water partition coefficient (Wildman–Crippen LogP) is -0.167. The number of aliphatic hydroxyl groups excluding tert-OH is 2. The Kier molecular flexibility index (Phi) is 6.42. The molecule has 1 aromatic rings. The molecule has 0 aliphatic heterocycles. The maximum absolute atomic E-state index is 12.0. The van der Waals surface area contributed by atoms with Crippen LogP contribution in [0.5, 0.6) is 11.5 Å². The van der Waals surface area contributed by atoms with Crippen LogP contribution in [-0.4, -0.2) is 68.0 Å². The van der Waals surface area contributed by atoms with Crippen LogP contribution in [0, 0.1) is 0 Å². The van der Waals surface area contributed by atoms with Gasteiger partial charge in [0.05, 0.1) is 12.7 Å². The summed E-state index contributed by atoms with van der Waals surface area (Å²) in [4.78, 5) is 23.9. The van der Waals surface area contributed by atoms with E-state index in [4.69, 9.17) is 9.47 Å². The molecule has 0 bridgehead atoms. The van der Waals surface area contributed by atoms with Crippen LogP contribution in [0.4, 0.5) is 0 Å². The van der Waals surface area contributed by atoms with Crippen molar-refractivity contribution < 1.29 is 44.6 Å². The molecule has 1 aromatic carbocycles. The topological polar surface area (TPSA) is 154 Å². The number of carbonyl (C=O) groups is 2. The third kappa shape index (κ3) is 4.97. The second-order valence-electron chi connectivity index (χ2n) is 6.28. The van der Waals surface area contributed by atoms with Crippen LogP contribution in [0.25, 0.3) is 6.08 Å². The summed E-state index contributed by atoms with van der Waals surface area (Å²) in [5.41, 5.74) is -1.68. The highest BCUT2D eigenvalue weighted by atomic mass is 16.6. The van der Waals surface area contributed by atoms with E-state index in [0.717, 1.165) is 6.08 Å². The summed E-state index contributed by atoms with van der Waals surface area (Å²) < 4.78 is 9.83. The first-order valence-electron chi connectivity index (χ1n) is 8.32. The number of benzene rings is 1. The van der Waals surface area contributed by atoms with Crippen molar-refractivity contribution in [1.29, 1.82) is 0 Å². The molecule has 4 atom stereocenters. The first kappa shape index (κ1) is 20.7. The van der Waals surface area contributed by atoms with E-state index in [0.29, 0.717) is 5.56 Å². The maximum Gasteiger partial charge on any atom is 0.338 e. The van der Waals surface area contributed by atoms with Gasteiger partial charge in [0.15, 0.2) is 17.1 Å². The Morgan fingerprint density at radius 2 is 1.93 bits per heavy atom. The number of phenols is 2. The largest absolute Gasteiger partial charge is 0.504 e. The number of ether oxygens (including phenoxy) is 2. The molecule has 9 nitrogen and oxygen atoms in total. The van der Waals surface area contributed by atoms with Gasteiger partial charge < -0.3 is 35.0 Å². The molecule has 1 saturated carbocycles. The fraction of sp³-hybridized carbons (Fsp3) is 0.444. The normalized spacial score (nSPS) is 28.1. The summed E-state index contributed by atoms with van der Waals surface area (Å²) in [6.07, 6.45) is -2.85. The molecular weight excluding hydrogens is 360 g/mol. The van der Waals surface area contributed by atoms with Gasteiger partial charge >= 0.3 is 11.9 Å². The maximum atomic E-state index is 12.0. The van der Waals surface area contributed by atoms with Crippen molar-refractivity contribution in [3.63, 3.8) is 0 Å². The molecule has 5 N–H and O–H groups in total. The number of carbonyl (C=O) groups excluding carboxylic acids is 2. The summed E-state index contributed by atoms with van der Waals surface area (Å²) in [6.45, 7) is 1.57. The molecule has 0 heterocycles. The molecular formula is C18H22O9. The van der Waals surface area contributed by atoms with Crippen molar-refractivity contribution in [1.82, 2.24) is 0 Å². The second-order valence-corrected chi connectivity index (χ2v) is 6.28. The minimum atomic E-state index is -2.08. The summed E-state index contributed by atoms with van der Waals surface area (Å²) in [5, 5.41) is 49.0. The van der Waals surface area contributed by atoms with Gasteiger partial charge in [0.25, 0.3) is 0 Å². The molecule has 148 valence electrons. The van der Waals surface area contributed by atoms with Crippen LogP contribution < -0.4 is 0 Å². The van der Waals surface area contributed by atoms with E-state index in [1.807, 2.05) is 0 Å². The number of phenolic OH excluding ortho intramolecular Hbond substituents is 2. The van der Waals surface area contributed by atoms with E-state index in [2.05, 4.69) is 0 Å². The molecule has 0 unspecified atom stereocenters. The number of esters is 2. The molecule has 0 radical (unpaired) electrons. The minimum absolute atomic E-state index is 0.0203. The molecule has 1 aliphatic carbocycles. The third-order valence-electron chi connectivity index (χ3n) is 4.20. The summed E-state index contributed by atoms with van der Waals surface area (Å²) in [5.74, 6) is -2.54. The quantitative estimate of drug-likeness (QED) is 0.265. The summed E-state index contributed by atoms with van der Waals surface area (Å²) in [7, 11) is 0. The molecule has 27 heavy (non-hydrogen) atoms. The van der Waals surface area contributed by atoms with Gasteiger partial charge in [-0.05, 0) is 30.7 Å². The highest BCUT2D eigenvalue weighted by molar-refractivity contribution is 5.87. The van der Waals surface area contributed by atoms with Crippen molar-refractivity contribution in [2.24, 2.45) is 0 Å². The Hall–Kier alpha value is -2.62. The van der Waals surface area contributed by atoms with Gasteiger partial charge in [-0.1, -0.05) is 6.07 Å². The molecule has 0 aromatic heterocycles. The lowest BCUT2D eigenvalue weighted by molar-refractivity contribution is -0.199. The van der Waals surface area contributed by atoms with Crippen molar-refractivity contribution in [3.8, 4) is 11.5 Å². The van der Waals surface area contributed by atoms with Gasteiger partial charge in [-0.2, -0.15) is 0 Å². The first-order chi connectivity index (χ1) is 12.7. The van der Waals surface area contributed by atoms with Crippen LogP contribution in [0.1, 0.15) is 25.3 Å². The van der Waals surface area contributed by atoms with Gasteiger partial charge in [-0.3, -0.25) is 0 Å². The van der Waals surface area contributed by atoms with Gasteiger partial charge in [0.1, 0.15) is 12.2 Å². The van der Waals surface area contributed by atoms with Crippen LogP contribution in [-0.2, 0) is 19.1 Å². The van der Waals surface area contributed by atoms with E-state index in [1.165, 1.54) is 24.3 Å². The molecule has 0 amide bonds. The Balaban J connectivity index is 2.06. The van der Waals surface area contributed by atoms with Crippen LogP contribution in [0.15, 0.2) is 24.3 Å². The zero-order valence-corrected chi connectivity index (χ0v) is 14.6. The molecule has 0 spiro atoms. The lowest BCUT2D eigenvalue weighted by Gasteiger charge is -2.39. The van der Waals surface area contributed by atoms with E-state index < -0.39 is 48.7 Å². The third-order valence-corrected chi connectivity index (χ3v) is 4.20. The van der Waals surface area contributed by atoms with E-state index in [1.54, 1.807) is 6.92 Å². The molecule has 9 heteroatoms. The highest BCUT2D eigenvalue weighted by Gasteiger charge is 2.51. The van der Waals surface area contributed by atoms with E-state index in [9.17, 15) is 35.1 Å². The van der Waals surface area contributed by atoms with E-state index in [-0.39, 0.29) is 18.1 Å². The van der Waals surface area contributed by atoms with Crippen LogP contribution >= 0.6 is 0 Å². The minimum Gasteiger partial charge on any atom is -0.504 e. The monoisotopic (exact) mass is 382 g/mol. The highest BCUT2D eigenvalue weighted by Crippen LogP contribution is 2.32. The molecule has 1 aliphatic rings. The predicted molar refractivity (Wildman–Crippen MR) is 91.5 cm³/mol. The zero-order chi connectivity index (χ0) is 20.2. The number of aromatic hydroxyl groups is 2. The summed E-state index contributed by atoms with van der Waals surface area (Å²) in [6, 6.07) is 3.90. The molecule has 0 saturated heterocycles. The van der Waals surface area contributed by atoms with Gasteiger partial charge in [0.2, 0.25) is 0 Å². The van der Waals surface area contributed by atoms with Gasteiger partial charge in [-0.15, -0.1) is 0 Å². The number of hydrogen-bond acceptors (Lipinski definition) is 9. The number of rotatable bonds is 5. The second kappa shape index (κ2) is 8.38. The number of hydrogen-bond donors (Lipinski definition) is 5. The fourth-order valence-electron chi connectivity index (χ4n) is 2.79. The summed E-state index contributed by atoms with van der Waals surface area (Å²) >= 11 is 0. The van der Waals surface area contributed by atoms with Crippen molar-refractivity contribution in [2.45, 2.75) is 43.7 Å². The SMILES string of the molecule is CCOC(=O)[C@]1(O)C[C@H](OC(=O)C=Cc2ccc(O)c(O)c2)[C@@H](O)[C@@H](O)C1. The number of aliphatic hydroxyl groups is 3. The Morgan fingerprint density at radius 1 is 1.22 bits per heavy atom. The van der Waals surface area contributed by atoms with Crippen LogP contribution in [0.3, 0.4) is 0 Å².